The Bertz CT molecular complexity index is 442. The Balaban J connectivity index is 3.13. The third-order valence-electron chi connectivity index (χ3n) is 2.42. The minimum absolute atomic E-state index is 0.111. The van der Waals surface area contributed by atoms with Gasteiger partial charge in [0.2, 0.25) is 6.33 Å². The zero-order chi connectivity index (χ0) is 13.2. The molecule has 0 aromatic carbocycles. The molecule has 0 saturated carbocycles. The van der Waals surface area contributed by atoms with Gasteiger partial charge in [0.1, 0.15) is 0 Å². The molecule has 1 rings (SSSR count). The highest BCUT2D eigenvalue weighted by atomic mass is 16.6. The van der Waals surface area contributed by atoms with E-state index in [9.17, 15) is 20.0 Å². The van der Waals surface area contributed by atoms with Crippen molar-refractivity contribution in [2.45, 2.75) is 32.7 Å². The first-order valence-electron chi connectivity index (χ1n) is 5.07. The van der Waals surface area contributed by atoms with Gasteiger partial charge in [-0.25, -0.2) is 4.79 Å². The summed E-state index contributed by atoms with van der Waals surface area (Å²) in [5.41, 5.74) is -1.32. The number of hydrogen-bond acceptors (Lipinski definition) is 5. The van der Waals surface area contributed by atoms with Gasteiger partial charge < -0.3 is 15.2 Å². The van der Waals surface area contributed by atoms with E-state index in [4.69, 9.17) is 0 Å². The van der Waals surface area contributed by atoms with E-state index in [1.165, 1.54) is 6.92 Å². The zero-order valence-electron chi connectivity index (χ0n) is 9.82. The van der Waals surface area contributed by atoms with Crippen LogP contribution < -0.4 is 0 Å². The van der Waals surface area contributed by atoms with Gasteiger partial charge >= 0.3 is 11.9 Å². The van der Waals surface area contributed by atoms with Crippen LogP contribution in [-0.2, 0) is 10.3 Å². The number of hydrogen-bond donors (Lipinski definition) is 1. The van der Waals surface area contributed by atoms with E-state index >= 15 is 0 Å². The third kappa shape index (κ3) is 2.58. The fraction of sp³-hybridized carbons (Fsp3) is 0.667. The predicted octanol–water partition coefficient (Wildman–Crippen LogP) is 1.03. The molecule has 0 aliphatic rings. The second-order valence-electron chi connectivity index (χ2n) is 4.42. The lowest BCUT2D eigenvalue weighted by Gasteiger charge is -2.23. The van der Waals surface area contributed by atoms with Crippen LogP contribution in [0, 0.1) is 16.0 Å². The van der Waals surface area contributed by atoms with Crippen LogP contribution in [0.2, 0.25) is 0 Å². The summed E-state index contributed by atoms with van der Waals surface area (Å²) in [5.74, 6) is -1.58. The van der Waals surface area contributed by atoms with Gasteiger partial charge in [-0.15, -0.1) is 0 Å². The van der Waals surface area contributed by atoms with Crippen molar-refractivity contribution in [3.05, 3.63) is 16.4 Å². The van der Waals surface area contributed by atoms with Crippen LogP contribution in [0.15, 0.2) is 6.33 Å². The van der Waals surface area contributed by atoms with Crippen molar-refractivity contribution in [3.63, 3.8) is 0 Å². The Morgan fingerprint density at radius 3 is 2.65 bits per heavy atom. The van der Waals surface area contributed by atoms with Gasteiger partial charge in [0.25, 0.3) is 0 Å². The maximum absolute atomic E-state index is 11.3. The average molecular weight is 242 g/mol. The van der Waals surface area contributed by atoms with Gasteiger partial charge in [-0.2, -0.15) is 4.68 Å². The van der Waals surface area contributed by atoms with Gasteiger partial charge in [-0.1, -0.05) is 18.8 Å². The number of carbonyl (C=O) groups is 1. The largest absolute Gasteiger partial charge is 0.490 e. The topological polar surface area (TPSA) is 111 Å². The maximum Gasteiger partial charge on any atom is 0.490 e. The van der Waals surface area contributed by atoms with Crippen LogP contribution in [0.3, 0.4) is 0 Å². The first-order valence-corrected chi connectivity index (χ1v) is 5.07. The summed E-state index contributed by atoms with van der Waals surface area (Å²) in [4.78, 5) is 24.4. The van der Waals surface area contributed by atoms with Gasteiger partial charge in [0.15, 0.2) is 5.54 Å². The minimum Gasteiger partial charge on any atom is -0.479 e. The minimum atomic E-state index is -1.32. The SMILES string of the molecule is CC(C)CC(C)(C(=O)O)n1cnc([N+](=O)[O-])n1. The smallest absolute Gasteiger partial charge is 0.479 e. The van der Waals surface area contributed by atoms with Gasteiger partial charge in [-0.3, -0.25) is 0 Å². The molecule has 1 heterocycles. The van der Waals surface area contributed by atoms with Crippen LogP contribution in [-0.4, -0.2) is 30.8 Å². The molecule has 0 bridgehead atoms. The summed E-state index contributed by atoms with van der Waals surface area (Å²) in [6.07, 6.45) is 1.39. The molecule has 0 amide bonds. The number of rotatable bonds is 5. The van der Waals surface area contributed by atoms with Gasteiger partial charge in [0.05, 0.1) is 0 Å². The number of carboxylic acid groups (broad SMARTS) is 1. The van der Waals surface area contributed by atoms with E-state index < -0.39 is 22.4 Å². The molecule has 17 heavy (non-hydrogen) atoms. The van der Waals surface area contributed by atoms with Crippen molar-refractivity contribution in [2.24, 2.45) is 5.92 Å². The molecule has 8 heteroatoms. The molecule has 8 nitrogen and oxygen atoms in total. The van der Waals surface area contributed by atoms with Gasteiger partial charge in [-0.05, 0) is 24.2 Å². The van der Waals surface area contributed by atoms with E-state index in [0.717, 1.165) is 11.0 Å². The Morgan fingerprint density at radius 2 is 2.29 bits per heavy atom. The first kappa shape index (κ1) is 13.1. The maximum atomic E-state index is 11.3. The molecular formula is C9H14N4O4. The molecule has 0 aliphatic carbocycles. The van der Waals surface area contributed by atoms with Crippen molar-refractivity contribution >= 4 is 11.9 Å². The van der Waals surface area contributed by atoms with E-state index in [0.29, 0.717) is 6.42 Å². The van der Waals surface area contributed by atoms with Crippen LogP contribution in [0.1, 0.15) is 27.2 Å². The van der Waals surface area contributed by atoms with Crippen molar-refractivity contribution in [1.82, 2.24) is 14.8 Å². The number of nitrogens with zero attached hydrogens (tertiary/aromatic N) is 4. The Morgan fingerprint density at radius 1 is 1.71 bits per heavy atom. The Hall–Kier alpha value is -1.99. The van der Waals surface area contributed by atoms with Gasteiger partial charge in [0, 0.05) is 5.10 Å². The number of nitro groups is 1. The molecule has 1 aromatic rings. The first-order chi connectivity index (χ1) is 7.77. The van der Waals surface area contributed by atoms with Crippen LogP contribution in [0.5, 0.6) is 0 Å². The highest BCUT2D eigenvalue weighted by molar-refractivity contribution is 5.76. The fourth-order valence-electron chi connectivity index (χ4n) is 1.65. The average Bonchev–Trinajstić information content (AvgIpc) is 2.64. The van der Waals surface area contributed by atoms with Crippen LogP contribution >= 0.6 is 0 Å². The monoisotopic (exact) mass is 242 g/mol. The second-order valence-corrected chi connectivity index (χ2v) is 4.42. The summed E-state index contributed by atoms with van der Waals surface area (Å²) in [7, 11) is 0. The molecule has 94 valence electrons. The summed E-state index contributed by atoms with van der Waals surface area (Å²) >= 11 is 0. The molecule has 1 aromatic heterocycles. The van der Waals surface area contributed by atoms with Crippen LogP contribution in [0.4, 0.5) is 5.95 Å². The van der Waals surface area contributed by atoms with E-state index in [1.807, 2.05) is 13.8 Å². The lowest BCUT2D eigenvalue weighted by Crippen LogP contribution is -2.40. The van der Waals surface area contributed by atoms with Crippen molar-refractivity contribution in [2.75, 3.05) is 0 Å². The predicted molar refractivity (Wildman–Crippen MR) is 57.4 cm³/mol. The van der Waals surface area contributed by atoms with Crippen LogP contribution in [0.25, 0.3) is 0 Å². The molecule has 0 spiro atoms. The lowest BCUT2D eigenvalue weighted by atomic mass is 9.91. The number of aliphatic carboxylic acids is 1. The summed E-state index contributed by atoms with van der Waals surface area (Å²) < 4.78 is 1.04. The normalized spacial score (nSPS) is 14.6. The number of carboxylic acids is 1. The zero-order valence-corrected chi connectivity index (χ0v) is 9.82. The van der Waals surface area contributed by atoms with Crippen molar-refractivity contribution in [1.29, 1.82) is 0 Å². The molecule has 0 saturated heterocycles. The molecule has 0 radical (unpaired) electrons. The summed E-state index contributed by atoms with van der Waals surface area (Å²) in [6.45, 7) is 5.20. The standard InChI is InChI=1S/C9H14N4O4/c1-6(2)4-9(3,7(14)15)12-5-10-8(11-12)13(16)17/h5-6H,4H2,1-3H3,(H,14,15). The summed E-state index contributed by atoms with van der Waals surface area (Å²) in [5, 5.41) is 23.3. The van der Waals surface area contributed by atoms with E-state index in [1.54, 1.807) is 0 Å². The Kier molecular flexibility index (Phi) is 3.45. The molecule has 0 aliphatic heterocycles. The molecule has 1 unspecified atom stereocenters. The highest BCUT2D eigenvalue weighted by Gasteiger charge is 2.40. The third-order valence-corrected chi connectivity index (χ3v) is 2.42. The quantitative estimate of drug-likeness (QED) is 0.609. The van der Waals surface area contributed by atoms with E-state index in [-0.39, 0.29) is 5.92 Å². The molecule has 1 atom stereocenters. The number of aromatic nitrogens is 3. The van der Waals surface area contributed by atoms with Crippen molar-refractivity contribution < 1.29 is 14.8 Å². The Labute approximate surface area is 97.4 Å². The fourth-order valence-corrected chi connectivity index (χ4v) is 1.65. The molecular weight excluding hydrogens is 228 g/mol. The molecule has 1 N–H and O–H groups in total. The van der Waals surface area contributed by atoms with Crippen molar-refractivity contribution in [3.8, 4) is 0 Å². The summed E-state index contributed by atoms with van der Waals surface area (Å²) in [6, 6.07) is 0. The second kappa shape index (κ2) is 4.48. The van der Waals surface area contributed by atoms with E-state index in [2.05, 4.69) is 10.1 Å². The lowest BCUT2D eigenvalue weighted by molar-refractivity contribution is -0.394. The highest BCUT2D eigenvalue weighted by Crippen LogP contribution is 2.25. The molecule has 0 fully saturated rings.